The summed E-state index contributed by atoms with van der Waals surface area (Å²) >= 11 is 0. The zero-order chi connectivity index (χ0) is 22.2. The summed E-state index contributed by atoms with van der Waals surface area (Å²) in [5.41, 5.74) is 4.55. The maximum absolute atomic E-state index is 13.4. The van der Waals surface area contributed by atoms with Gasteiger partial charge in [0.2, 0.25) is 5.43 Å². The second kappa shape index (κ2) is 8.37. The molecular formula is C24H28N2O4Si. The van der Waals surface area contributed by atoms with Gasteiger partial charge in [-0.25, -0.2) is 0 Å². The minimum absolute atomic E-state index is 0.0488. The lowest BCUT2D eigenvalue weighted by Gasteiger charge is -2.38. The van der Waals surface area contributed by atoms with Crippen LogP contribution in [0.2, 0.25) is 19.6 Å². The van der Waals surface area contributed by atoms with E-state index >= 15 is 0 Å². The van der Waals surface area contributed by atoms with E-state index in [9.17, 15) is 9.59 Å². The number of aromatic nitrogens is 1. The highest BCUT2D eigenvalue weighted by atomic mass is 28.3. The molecule has 7 heteroatoms. The van der Waals surface area contributed by atoms with Gasteiger partial charge in [-0.05, 0) is 12.5 Å². The molecular weight excluding hydrogens is 408 g/mol. The Labute approximate surface area is 183 Å². The molecule has 31 heavy (non-hydrogen) atoms. The summed E-state index contributed by atoms with van der Waals surface area (Å²) in [7, 11) is -1.69. The summed E-state index contributed by atoms with van der Waals surface area (Å²) in [4.78, 5) is 28.6. The van der Waals surface area contributed by atoms with Crippen LogP contribution in [0.1, 0.15) is 34.6 Å². The summed E-state index contributed by atoms with van der Waals surface area (Å²) in [6.45, 7) is 10.1. The van der Waals surface area contributed by atoms with Crippen LogP contribution >= 0.6 is 0 Å². The SMILES string of the molecule is CCN1C(=O)c2c(OCc3ccccc3)c(=O)c(C#C[Si](C)(C)C)cn2C2COCC21. The van der Waals surface area contributed by atoms with Gasteiger partial charge in [-0.1, -0.05) is 55.9 Å². The molecule has 0 bridgehead atoms. The van der Waals surface area contributed by atoms with E-state index in [0.29, 0.717) is 31.0 Å². The van der Waals surface area contributed by atoms with Gasteiger partial charge in [-0.3, -0.25) is 9.59 Å². The second-order valence-electron chi connectivity index (χ2n) is 8.99. The highest BCUT2D eigenvalue weighted by molar-refractivity contribution is 6.83. The average Bonchev–Trinajstić information content (AvgIpc) is 3.22. The Hall–Kier alpha value is -2.82. The molecule has 1 fully saturated rings. The number of rotatable bonds is 4. The van der Waals surface area contributed by atoms with E-state index in [0.717, 1.165) is 5.56 Å². The number of pyridine rings is 1. The van der Waals surface area contributed by atoms with Crippen LogP contribution in [0, 0.1) is 11.5 Å². The molecule has 2 unspecified atom stereocenters. The van der Waals surface area contributed by atoms with Gasteiger partial charge in [0.15, 0.2) is 11.4 Å². The van der Waals surface area contributed by atoms with Crippen LogP contribution in [0.3, 0.4) is 0 Å². The number of nitrogens with zero attached hydrogens (tertiary/aromatic N) is 2. The van der Waals surface area contributed by atoms with Gasteiger partial charge in [0.05, 0.1) is 30.9 Å². The molecule has 2 aliphatic heterocycles. The lowest BCUT2D eigenvalue weighted by Crippen LogP contribution is -2.51. The van der Waals surface area contributed by atoms with Gasteiger partial charge in [0.25, 0.3) is 5.91 Å². The average molecular weight is 437 g/mol. The number of carbonyl (C=O) groups excluding carboxylic acids is 1. The first kappa shape index (κ1) is 21.4. The number of likely N-dealkylation sites (N-methyl/N-ethyl adjacent to an activating group) is 1. The van der Waals surface area contributed by atoms with E-state index in [-0.39, 0.29) is 35.8 Å². The largest absolute Gasteiger partial charge is 0.483 e. The highest BCUT2D eigenvalue weighted by Crippen LogP contribution is 2.35. The fraction of sp³-hybridized carbons (Fsp3) is 0.417. The van der Waals surface area contributed by atoms with Gasteiger partial charge in [-0.15, -0.1) is 5.54 Å². The fourth-order valence-electron chi connectivity index (χ4n) is 4.05. The lowest BCUT2D eigenvalue weighted by atomic mass is 10.0. The number of amides is 1. The molecule has 0 aliphatic carbocycles. The summed E-state index contributed by atoms with van der Waals surface area (Å²) in [6.07, 6.45) is 1.73. The molecule has 1 saturated heterocycles. The molecule has 6 nitrogen and oxygen atoms in total. The van der Waals surface area contributed by atoms with E-state index in [4.69, 9.17) is 9.47 Å². The minimum Gasteiger partial charge on any atom is -0.483 e. The summed E-state index contributed by atoms with van der Waals surface area (Å²) in [6, 6.07) is 9.52. The van der Waals surface area contributed by atoms with Crippen molar-refractivity contribution in [2.45, 2.75) is 45.3 Å². The zero-order valence-electron chi connectivity index (χ0n) is 18.5. The molecule has 2 aromatic rings. The first-order chi connectivity index (χ1) is 14.8. The fourth-order valence-corrected chi connectivity index (χ4v) is 4.56. The normalized spacial score (nSPS) is 20.0. The van der Waals surface area contributed by atoms with Gasteiger partial charge in [-0.2, -0.15) is 0 Å². The number of ether oxygens (including phenoxy) is 2. The number of fused-ring (bicyclic) bond motifs is 3. The van der Waals surface area contributed by atoms with Crippen molar-refractivity contribution in [2.75, 3.05) is 19.8 Å². The summed E-state index contributed by atoms with van der Waals surface area (Å²) in [5.74, 6) is 2.98. The standard InChI is InChI=1S/C24H28N2O4Si/c1-5-25-19-15-29-16-20(19)26-13-18(11-12-31(2,3)4)22(27)23(21(26)24(25)28)30-14-17-9-7-6-8-10-17/h6-10,13,19-20H,5,14-16H2,1-4H3. The Morgan fingerprint density at radius 1 is 1.13 bits per heavy atom. The van der Waals surface area contributed by atoms with Gasteiger partial charge in [0.1, 0.15) is 14.7 Å². The first-order valence-corrected chi connectivity index (χ1v) is 14.2. The van der Waals surface area contributed by atoms with Crippen molar-refractivity contribution in [3.63, 3.8) is 0 Å². The monoisotopic (exact) mass is 436 g/mol. The third-order valence-electron chi connectivity index (χ3n) is 5.57. The van der Waals surface area contributed by atoms with Crippen molar-refractivity contribution in [3.8, 4) is 17.2 Å². The third-order valence-corrected chi connectivity index (χ3v) is 6.45. The second-order valence-corrected chi connectivity index (χ2v) is 13.7. The quantitative estimate of drug-likeness (QED) is 0.546. The molecule has 0 saturated carbocycles. The molecule has 3 heterocycles. The predicted octanol–water partition coefficient (Wildman–Crippen LogP) is 3.07. The molecule has 2 atom stereocenters. The lowest BCUT2D eigenvalue weighted by molar-refractivity contribution is 0.0568. The molecule has 0 spiro atoms. The van der Waals surface area contributed by atoms with E-state index in [1.165, 1.54) is 0 Å². The van der Waals surface area contributed by atoms with Crippen LogP contribution in [0.15, 0.2) is 41.3 Å². The molecule has 1 aromatic heterocycles. The van der Waals surface area contributed by atoms with E-state index in [1.54, 1.807) is 11.1 Å². The van der Waals surface area contributed by atoms with Crippen molar-refractivity contribution in [2.24, 2.45) is 0 Å². The number of carbonyl (C=O) groups is 1. The maximum atomic E-state index is 13.4. The van der Waals surface area contributed by atoms with Crippen molar-refractivity contribution in [3.05, 3.63) is 63.6 Å². The van der Waals surface area contributed by atoms with Crippen LogP contribution in [-0.4, -0.2) is 49.2 Å². The van der Waals surface area contributed by atoms with Crippen LogP contribution in [-0.2, 0) is 11.3 Å². The Morgan fingerprint density at radius 2 is 1.84 bits per heavy atom. The molecule has 1 aromatic carbocycles. The van der Waals surface area contributed by atoms with Crippen LogP contribution < -0.4 is 10.2 Å². The Balaban J connectivity index is 1.87. The number of hydrogen-bond acceptors (Lipinski definition) is 4. The van der Waals surface area contributed by atoms with E-state index < -0.39 is 8.07 Å². The van der Waals surface area contributed by atoms with Crippen molar-refractivity contribution in [1.29, 1.82) is 0 Å². The van der Waals surface area contributed by atoms with Crippen LogP contribution in [0.4, 0.5) is 0 Å². The zero-order valence-corrected chi connectivity index (χ0v) is 19.5. The smallest absolute Gasteiger partial charge is 0.274 e. The maximum Gasteiger partial charge on any atom is 0.274 e. The van der Waals surface area contributed by atoms with Gasteiger partial charge >= 0.3 is 0 Å². The minimum atomic E-state index is -1.69. The van der Waals surface area contributed by atoms with Crippen LogP contribution in [0.25, 0.3) is 0 Å². The van der Waals surface area contributed by atoms with Crippen LogP contribution in [0.5, 0.6) is 5.75 Å². The summed E-state index contributed by atoms with van der Waals surface area (Å²) in [5, 5.41) is 0. The van der Waals surface area contributed by atoms with Crippen molar-refractivity contribution >= 4 is 14.0 Å². The first-order valence-electron chi connectivity index (χ1n) is 10.7. The molecule has 2 aliphatic rings. The van der Waals surface area contributed by atoms with E-state index in [2.05, 4.69) is 31.1 Å². The Bertz CT molecular complexity index is 1110. The molecule has 4 rings (SSSR count). The van der Waals surface area contributed by atoms with E-state index in [1.807, 2.05) is 41.8 Å². The van der Waals surface area contributed by atoms with Gasteiger partial charge in [0, 0.05) is 12.7 Å². The number of hydrogen-bond donors (Lipinski definition) is 0. The summed E-state index contributed by atoms with van der Waals surface area (Å²) < 4.78 is 13.6. The third kappa shape index (κ3) is 4.18. The van der Waals surface area contributed by atoms with Crippen molar-refractivity contribution < 1.29 is 14.3 Å². The Morgan fingerprint density at radius 3 is 2.52 bits per heavy atom. The molecule has 0 N–H and O–H groups in total. The molecule has 1 amide bonds. The molecule has 0 radical (unpaired) electrons. The Kier molecular flexibility index (Phi) is 5.78. The topological polar surface area (TPSA) is 60.8 Å². The highest BCUT2D eigenvalue weighted by Gasteiger charge is 2.44. The molecule has 162 valence electrons. The number of benzene rings is 1. The van der Waals surface area contributed by atoms with Gasteiger partial charge < -0.3 is 18.9 Å². The predicted molar refractivity (Wildman–Crippen MR) is 122 cm³/mol. The van der Waals surface area contributed by atoms with Crippen molar-refractivity contribution in [1.82, 2.24) is 9.47 Å².